The maximum Gasteiger partial charge on any atom is 0.226 e. The van der Waals surface area contributed by atoms with Crippen molar-refractivity contribution in [3.8, 4) is 17.2 Å². The molecule has 0 radical (unpaired) electrons. The van der Waals surface area contributed by atoms with E-state index in [-0.39, 0.29) is 30.5 Å². The molecule has 6 nitrogen and oxygen atoms in total. The quantitative estimate of drug-likeness (QED) is 0.618. The summed E-state index contributed by atoms with van der Waals surface area (Å²) in [5.41, 5.74) is 1.47. The maximum atomic E-state index is 14.3. The molecule has 2 heterocycles. The van der Waals surface area contributed by atoms with Crippen LogP contribution in [0, 0.1) is 11.6 Å². The number of carbonyl (C=O) groups is 1. The fraction of sp³-hybridized carbons (Fsp3) is 0.182. The van der Waals surface area contributed by atoms with E-state index in [0.717, 1.165) is 17.7 Å². The van der Waals surface area contributed by atoms with Gasteiger partial charge in [-0.15, -0.1) is 0 Å². The van der Waals surface area contributed by atoms with Crippen LogP contribution in [0.1, 0.15) is 23.5 Å². The molecule has 1 unspecified atom stereocenters. The molecule has 1 atom stereocenters. The lowest BCUT2D eigenvalue weighted by molar-refractivity contribution is -0.116. The summed E-state index contributed by atoms with van der Waals surface area (Å²) in [5, 5.41) is 7.01. The number of benzene rings is 2. The Morgan fingerprint density at radius 1 is 1.30 bits per heavy atom. The fourth-order valence-electron chi connectivity index (χ4n) is 3.60. The van der Waals surface area contributed by atoms with Gasteiger partial charge in [0.15, 0.2) is 17.3 Å². The number of nitrogens with one attached hydrogen (secondary N) is 1. The average molecular weight is 411 g/mol. The standard InChI is InChI=1S/C22H19F2N3O3/c1-3-9-30-21-14(5-4-6-19(21)29-2)15-11-20(28)26-22-16(15)12-25-27(22)18-8-7-13(23)10-17(18)24/h3-8,10,12,15H,1,9,11H2,2H3,(H,26,28). The summed E-state index contributed by atoms with van der Waals surface area (Å²) < 4.78 is 40.2. The Morgan fingerprint density at radius 2 is 2.13 bits per heavy atom. The summed E-state index contributed by atoms with van der Waals surface area (Å²) in [6.45, 7) is 3.93. The van der Waals surface area contributed by atoms with Crippen LogP contribution in [0.4, 0.5) is 14.6 Å². The summed E-state index contributed by atoms with van der Waals surface area (Å²) in [6.07, 6.45) is 3.34. The van der Waals surface area contributed by atoms with E-state index in [1.54, 1.807) is 18.3 Å². The number of para-hydroxylation sites is 1. The van der Waals surface area contributed by atoms with Crippen molar-refractivity contribution in [1.82, 2.24) is 9.78 Å². The third-order valence-corrected chi connectivity index (χ3v) is 4.91. The zero-order chi connectivity index (χ0) is 21.3. The van der Waals surface area contributed by atoms with Crippen molar-refractivity contribution < 1.29 is 23.0 Å². The lowest BCUT2D eigenvalue weighted by Crippen LogP contribution is -2.25. The number of amides is 1. The Labute approximate surface area is 171 Å². The third-order valence-electron chi connectivity index (χ3n) is 4.91. The van der Waals surface area contributed by atoms with E-state index >= 15 is 0 Å². The van der Waals surface area contributed by atoms with Crippen LogP contribution in [-0.2, 0) is 4.79 Å². The molecule has 0 spiro atoms. The van der Waals surface area contributed by atoms with Gasteiger partial charge in [-0.25, -0.2) is 13.5 Å². The summed E-state index contributed by atoms with van der Waals surface area (Å²) in [6, 6.07) is 8.61. The second kappa shape index (κ2) is 7.98. The molecular formula is C22H19F2N3O3. The SMILES string of the molecule is C=CCOc1c(OC)cccc1C1CC(=O)Nc2c1cnn2-c1ccc(F)cc1F. The van der Waals surface area contributed by atoms with Crippen molar-refractivity contribution in [3.63, 3.8) is 0 Å². The van der Waals surface area contributed by atoms with Crippen LogP contribution in [0.3, 0.4) is 0 Å². The summed E-state index contributed by atoms with van der Waals surface area (Å²) in [4.78, 5) is 12.5. The van der Waals surface area contributed by atoms with Crippen LogP contribution >= 0.6 is 0 Å². The number of fused-ring (bicyclic) bond motifs is 1. The lowest BCUT2D eigenvalue weighted by Gasteiger charge is -2.26. The molecule has 0 aliphatic carbocycles. The van der Waals surface area contributed by atoms with Gasteiger partial charge in [0, 0.05) is 29.5 Å². The minimum absolute atomic E-state index is 0.0346. The number of halogens is 2. The van der Waals surface area contributed by atoms with Crippen molar-refractivity contribution in [2.24, 2.45) is 0 Å². The third kappa shape index (κ3) is 3.41. The number of hydrogen-bond acceptors (Lipinski definition) is 4. The van der Waals surface area contributed by atoms with E-state index in [1.807, 2.05) is 12.1 Å². The highest BCUT2D eigenvalue weighted by Crippen LogP contribution is 2.44. The second-order valence-electron chi connectivity index (χ2n) is 6.74. The normalized spacial score (nSPS) is 15.3. The fourth-order valence-corrected chi connectivity index (χ4v) is 3.60. The first-order valence-electron chi connectivity index (χ1n) is 9.27. The second-order valence-corrected chi connectivity index (χ2v) is 6.74. The molecule has 1 N–H and O–H groups in total. The van der Waals surface area contributed by atoms with Crippen LogP contribution in [0.2, 0.25) is 0 Å². The van der Waals surface area contributed by atoms with E-state index < -0.39 is 11.6 Å². The number of rotatable bonds is 6. The first-order chi connectivity index (χ1) is 14.5. The molecule has 1 amide bonds. The maximum absolute atomic E-state index is 14.3. The Kier molecular flexibility index (Phi) is 5.22. The Hall–Kier alpha value is -3.68. The predicted octanol–water partition coefficient (Wildman–Crippen LogP) is 4.20. The summed E-state index contributed by atoms with van der Waals surface area (Å²) in [5.74, 6) is -0.757. The molecule has 1 aliphatic rings. The molecule has 0 fully saturated rings. The van der Waals surface area contributed by atoms with Gasteiger partial charge in [-0.1, -0.05) is 24.8 Å². The smallest absolute Gasteiger partial charge is 0.226 e. The van der Waals surface area contributed by atoms with Crippen molar-refractivity contribution in [2.75, 3.05) is 19.0 Å². The molecule has 0 saturated heterocycles. The molecule has 4 rings (SSSR count). The van der Waals surface area contributed by atoms with Crippen LogP contribution < -0.4 is 14.8 Å². The molecule has 0 saturated carbocycles. The molecule has 2 aromatic carbocycles. The highest BCUT2D eigenvalue weighted by molar-refractivity contribution is 5.95. The monoisotopic (exact) mass is 411 g/mol. The van der Waals surface area contributed by atoms with Gasteiger partial charge in [-0.2, -0.15) is 5.10 Å². The van der Waals surface area contributed by atoms with Crippen molar-refractivity contribution in [2.45, 2.75) is 12.3 Å². The number of carbonyl (C=O) groups excluding carboxylic acids is 1. The first-order valence-corrected chi connectivity index (χ1v) is 9.27. The molecule has 154 valence electrons. The van der Waals surface area contributed by atoms with Gasteiger partial charge in [-0.3, -0.25) is 4.79 Å². The first kappa shape index (κ1) is 19.6. The van der Waals surface area contributed by atoms with E-state index in [4.69, 9.17) is 9.47 Å². The molecule has 8 heteroatoms. The minimum atomic E-state index is -0.784. The van der Waals surface area contributed by atoms with Gasteiger partial charge in [-0.05, 0) is 18.2 Å². The van der Waals surface area contributed by atoms with E-state index in [1.165, 1.54) is 17.9 Å². The molecule has 0 bridgehead atoms. The van der Waals surface area contributed by atoms with Crippen LogP contribution in [0.25, 0.3) is 5.69 Å². The van der Waals surface area contributed by atoms with Gasteiger partial charge in [0.25, 0.3) is 0 Å². The zero-order valence-electron chi connectivity index (χ0n) is 16.2. The molecule has 3 aromatic rings. The van der Waals surface area contributed by atoms with Gasteiger partial charge in [0.2, 0.25) is 5.91 Å². The Balaban J connectivity index is 1.84. The predicted molar refractivity (Wildman–Crippen MR) is 107 cm³/mol. The highest BCUT2D eigenvalue weighted by Gasteiger charge is 2.33. The molecule has 1 aliphatic heterocycles. The van der Waals surface area contributed by atoms with E-state index in [9.17, 15) is 13.6 Å². The molecule has 1 aromatic heterocycles. The number of anilines is 1. The van der Waals surface area contributed by atoms with Gasteiger partial charge >= 0.3 is 0 Å². The van der Waals surface area contributed by atoms with Gasteiger partial charge in [0.1, 0.15) is 23.9 Å². The number of hydrogen-bond donors (Lipinski definition) is 1. The largest absolute Gasteiger partial charge is 0.493 e. The van der Waals surface area contributed by atoms with Crippen molar-refractivity contribution >= 4 is 11.7 Å². The van der Waals surface area contributed by atoms with Crippen LogP contribution in [0.5, 0.6) is 11.5 Å². The summed E-state index contributed by atoms with van der Waals surface area (Å²) >= 11 is 0. The Morgan fingerprint density at radius 3 is 2.87 bits per heavy atom. The number of nitrogens with zero attached hydrogens (tertiary/aromatic N) is 2. The van der Waals surface area contributed by atoms with Crippen molar-refractivity contribution in [1.29, 1.82) is 0 Å². The number of methoxy groups -OCH3 is 1. The number of ether oxygens (including phenoxy) is 2. The van der Waals surface area contributed by atoms with Gasteiger partial charge in [0.05, 0.1) is 13.3 Å². The van der Waals surface area contributed by atoms with E-state index in [2.05, 4.69) is 17.0 Å². The summed E-state index contributed by atoms with van der Waals surface area (Å²) in [7, 11) is 1.54. The Bertz CT molecular complexity index is 1130. The lowest BCUT2D eigenvalue weighted by atomic mass is 9.86. The van der Waals surface area contributed by atoms with E-state index in [0.29, 0.717) is 22.9 Å². The highest BCUT2D eigenvalue weighted by atomic mass is 19.1. The van der Waals surface area contributed by atoms with Crippen molar-refractivity contribution in [3.05, 3.63) is 78.0 Å². The number of aromatic nitrogens is 2. The van der Waals surface area contributed by atoms with Crippen LogP contribution in [0.15, 0.2) is 55.3 Å². The van der Waals surface area contributed by atoms with Gasteiger partial charge < -0.3 is 14.8 Å². The molecular weight excluding hydrogens is 392 g/mol. The topological polar surface area (TPSA) is 65.4 Å². The zero-order valence-corrected chi connectivity index (χ0v) is 16.2. The minimum Gasteiger partial charge on any atom is -0.493 e. The molecule has 30 heavy (non-hydrogen) atoms. The van der Waals surface area contributed by atoms with Crippen LogP contribution in [-0.4, -0.2) is 29.4 Å². The average Bonchev–Trinajstić information content (AvgIpc) is 3.15.